The molecule has 1 aliphatic rings. The molecule has 2 aromatic rings. The number of aliphatic imine (C=N–C) groups is 1. The van der Waals surface area contributed by atoms with Crippen molar-refractivity contribution in [3.63, 3.8) is 0 Å². The Balaban J connectivity index is 1.94. The van der Waals surface area contributed by atoms with Crippen molar-refractivity contribution in [2.24, 2.45) is 10.9 Å². The Kier molecular flexibility index (Phi) is 4.20. The molecule has 1 aromatic heterocycles. The molecule has 0 amide bonds. The highest BCUT2D eigenvalue weighted by atomic mass is 35.5. The van der Waals surface area contributed by atoms with Gasteiger partial charge in [0.25, 0.3) is 0 Å². The SMILES string of the molecule is CC1COc2ccc(Cl)nc2C(=NCc2ccccc2)C1. The van der Waals surface area contributed by atoms with Crippen molar-refractivity contribution in [1.29, 1.82) is 0 Å². The summed E-state index contributed by atoms with van der Waals surface area (Å²) in [5, 5.41) is 0.472. The number of hydrogen-bond donors (Lipinski definition) is 0. The molecule has 1 aliphatic heterocycles. The van der Waals surface area contributed by atoms with E-state index in [1.807, 2.05) is 24.3 Å². The molecule has 3 rings (SSSR count). The Morgan fingerprint density at radius 3 is 2.86 bits per heavy atom. The van der Waals surface area contributed by atoms with Gasteiger partial charge in [-0.25, -0.2) is 4.98 Å². The van der Waals surface area contributed by atoms with Crippen molar-refractivity contribution < 1.29 is 4.74 Å². The minimum atomic E-state index is 0.410. The number of pyridine rings is 1. The monoisotopic (exact) mass is 300 g/mol. The van der Waals surface area contributed by atoms with Gasteiger partial charge in [0.15, 0.2) is 0 Å². The zero-order valence-corrected chi connectivity index (χ0v) is 12.7. The van der Waals surface area contributed by atoms with Crippen molar-refractivity contribution in [2.75, 3.05) is 6.61 Å². The van der Waals surface area contributed by atoms with Gasteiger partial charge in [-0.05, 0) is 30.0 Å². The molecule has 0 spiro atoms. The Bertz CT molecular complexity index is 655. The number of hydrogen-bond acceptors (Lipinski definition) is 3. The number of nitrogens with zero attached hydrogens (tertiary/aromatic N) is 2. The van der Waals surface area contributed by atoms with Crippen LogP contribution in [0.2, 0.25) is 5.15 Å². The van der Waals surface area contributed by atoms with E-state index in [9.17, 15) is 0 Å². The number of rotatable bonds is 2. The van der Waals surface area contributed by atoms with E-state index in [1.54, 1.807) is 6.07 Å². The number of ether oxygens (including phenoxy) is 1. The smallest absolute Gasteiger partial charge is 0.146 e. The fraction of sp³-hybridized carbons (Fsp3) is 0.294. The fourth-order valence-electron chi connectivity index (χ4n) is 2.37. The summed E-state index contributed by atoms with van der Waals surface area (Å²) in [5.41, 5.74) is 2.94. The molecule has 21 heavy (non-hydrogen) atoms. The summed E-state index contributed by atoms with van der Waals surface area (Å²) in [6.45, 7) is 3.49. The zero-order valence-electron chi connectivity index (χ0n) is 11.9. The van der Waals surface area contributed by atoms with Gasteiger partial charge in [-0.15, -0.1) is 0 Å². The molecule has 0 saturated heterocycles. The second kappa shape index (κ2) is 6.27. The van der Waals surface area contributed by atoms with Gasteiger partial charge in [-0.1, -0.05) is 48.9 Å². The third-order valence-corrected chi connectivity index (χ3v) is 3.67. The van der Waals surface area contributed by atoms with Crippen LogP contribution in [0.3, 0.4) is 0 Å². The number of aromatic nitrogens is 1. The van der Waals surface area contributed by atoms with Gasteiger partial charge in [-0.2, -0.15) is 0 Å². The fourth-order valence-corrected chi connectivity index (χ4v) is 2.52. The van der Waals surface area contributed by atoms with Crippen molar-refractivity contribution in [3.05, 3.63) is 58.9 Å². The van der Waals surface area contributed by atoms with Crippen molar-refractivity contribution in [2.45, 2.75) is 19.9 Å². The minimum Gasteiger partial charge on any atom is -0.491 e. The lowest BCUT2D eigenvalue weighted by atomic mass is 10.0. The van der Waals surface area contributed by atoms with Crippen molar-refractivity contribution in [1.82, 2.24) is 4.98 Å². The van der Waals surface area contributed by atoms with Crippen LogP contribution < -0.4 is 4.74 Å². The number of fused-ring (bicyclic) bond motifs is 1. The third kappa shape index (κ3) is 3.42. The average Bonchev–Trinajstić information content (AvgIpc) is 2.65. The summed E-state index contributed by atoms with van der Waals surface area (Å²) < 4.78 is 5.80. The van der Waals surface area contributed by atoms with Gasteiger partial charge in [0.05, 0.1) is 18.9 Å². The highest BCUT2D eigenvalue weighted by Gasteiger charge is 2.21. The van der Waals surface area contributed by atoms with Crippen molar-refractivity contribution >= 4 is 17.3 Å². The van der Waals surface area contributed by atoms with Crippen LogP contribution in [0.25, 0.3) is 0 Å². The van der Waals surface area contributed by atoms with E-state index in [0.29, 0.717) is 24.2 Å². The molecule has 0 aliphatic carbocycles. The third-order valence-electron chi connectivity index (χ3n) is 3.46. The summed E-state index contributed by atoms with van der Waals surface area (Å²) in [6.07, 6.45) is 0.854. The molecule has 0 radical (unpaired) electrons. The molecule has 0 bridgehead atoms. The van der Waals surface area contributed by atoms with Gasteiger partial charge in [-0.3, -0.25) is 4.99 Å². The van der Waals surface area contributed by atoms with Gasteiger partial charge in [0.2, 0.25) is 0 Å². The zero-order chi connectivity index (χ0) is 14.7. The molecule has 3 nitrogen and oxygen atoms in total. The van der Waals surface area contributed by atoms with Crippen LogP contribution in [0.5, 0.6) is 5.75 Å². The maximum atomic E-state index is 6.03. The van der Waals surface area contributed by atoms with E-state index in [2.05, 4.69) is 24.0 Å². The first-order valence-corrected chi connectivity index (χ1v) is 7.47. The van der Waals surface area contributed by atoms with E-state index in [4.69, 9.17) is 21.3 Å². The van der Waals surface area contributed by atoms with E-state index in [-0.39, 0.29) is 0 Å². The summed E-state index contributed by atoms with van der Waals surface area (Å²) in [6, 6.07) is 13.8. The van der Waals surface area contributed by atoms with Crippen molar-refractivity contribution in [3.8, 4) is 5.75 Å². The predicted octanol–water partition coefficient (Wildman–Crippen LogP) is 4.14. The predicted molar refractivity (Wildman–Crippen MR) is 85.2 cm³/mol. The molecule has 0 saturated carbocycles. The second-order valence-corrected chi connectivity index (χ2v) is 5.74. The van der Waals surface area contributed by atoms with E-state index in [1.165, 1.54) is 5.56 Å². The summed E-state index contributed by atoms with van der Waals surface area (Å²) in [7, 11) is 0. The summed E-state index contributed by atoms with van der Waals surface area (Å²) >= 11 is 6.03. The van der Waals surface area contributed by atoms with Crippen LogP contribution >= 0.6 is 11.6 Å². The van der Waals surface area contributed by atoms with Crippen LogP contribution in [0.4, 0.5) is 0 Å². The molecule has 108 valence electrons. The second-order valence-electron chi connectivity index (χ2n) is 5.35. The molecule has 2 heterocycles. The van der Waals surface area contributed by atoms with E-state index in [0.717, 1.165) is 23.6 Å². The Labute approximate surface area is 129 Å². The molecule has 0 N–H and O–H groups in total. The molecule has 1 unspecified atom stereocenters. The van der Waals surface area contributed by atoms with Crippen LogP contribution in [0.15, 0.2) is 47.5 Å². The maximum absolute atomic E-state index is 6.03. The van der Waals surface area contributed by atoms with Gasteiger partial charge < -0.3 is 4.74 Å². The molecule has 4 heteroatoms. The summed E-state index contributed by atoms with van der Waals surface area (Å²) in [4.78, 5) is 9.17. The van der Waals surface area contributed by atoms with Crippen LogP contribution in [0, 0.1) is 5.92 Å². The number of benzene rings is 1. The van der Waals surface area contributed by atoms with E-state index >= 15 is 0 Å². The van der Waals surface area contributed by atoms with Crippen LogP contribution in [0.1, 0.15) is 24.6 Å². The largest absolute Gasteiger partial charge is 0.491 e. The Morgan fingerprint density at radius 2 is 2.05 bits per heavy atom. The van der Waals surface area contributed by atoms with Gasteiger partial charge >= 0.3 is 0 Å². The average molecular weight is 301 g/mol. The van der Waals surface area contributed by atoms with Crippen LogP contribution in [-0.2, 0) is 6.54 Å². The first kappa shape index (κ1) is 14.1. The highest BCUT2D eigenvalue weighted by Crippen LogP contribution is 2.27. The molecule has 1 atom stereocenters. The maximum Gasteiger partial charge on any atom is 0.146 e. The first-order chi connectivity index (χ1) is 10.2. The molecular weight excluding hydrogens is 284 g/mol. The lowest BCUT2D eigenvalue weighted by Crippen LogP contribution is -2.09. The lowest BCUT2D eigenvalue weighted by molar-refractivity contribution is 0.269. The lowest BCUT2D eigenvalue weighted by Gasteiger charge is -2.07. The topological polar surface area (TPSA) is 34.5 Å². The first-order valence-electron chi connectivity index (χ1n) is 7.09. The quantitative estimate of drug-likeness (QED) is 0.781. The summed E-state index contributed by atoms with van der Waals surface area (Å²) in [5.74, 6) is 1.18. The number of halogens is 1. The molecule has 0 fully saturated rings. The Hall–Kier alpha value is -1.87. The van der Waals surface area contributed by atoms with E-state index < -0.39 is 0 Å². The minimum absolute atomic E-state index is 0.410. The Morgan fingerprint density at radius 1 is 1.24 bits per heavy atom. The van der Waals surface area contributed by atoms with Gasteiger partial charge in [0.1, 0.15) is 16.6 Å². The highest BCUT2D eigenvalue weighted by molar-refractivity contribution is 6.29. The normalized spacial score (nSPS) is 19.7. The van der Waals surface area contributed by atoms with Gasteiger partial charge in [0, 0.05) is 0 Å². The molecular formula is C17H17ClN2O. The van der Waals surface area contributed by atoms with Crippen LogP contribution in [-0.4, -0.2) is 17.3 Å². The standard InChI is InChI=1S/C17H17ClN2O/c1-12-9-14(19-10-13-5-3-2-4-6-13)17-15(21-11-12)7-8-16(18)20-17/h2-8,12H,9-11H2,1H3. The molecule has 1 aromatic carbocycles.